The molecule has 2 rings (SSSR count). The van der Waals surface area contributed by atoms with E-state index in [2.05, 4.69) is 27.6 Å². The smallest absolute Gasteiger partial charge is 0.407 e. The van der Waals surface area contributed by atoms with Gasteiger partial charge in [-0.25, -0.2) is 4.79 Å². The van der Waals surface area contributed by atoms with Gasteiger partial charge in [-0.05, 0) is 53.0 Å². The Bertz CT molecular complexity index is 634. The Morgan fingerprint density at radius 2 is 2.22 bits per heavy atom. The largest absolute Gasteiger partial charge is 0.444 e. The summed E-state index contributed by atoms with van der Waals surface area (Å²) in [5.74, 6) is 0.905. The van der Waals surface area contributed by atoms with Crippen LogP contribution in [0.2, 0.25) is 0 Å². The quantitative estimate of drug-likeness (QED) is 0.450. The summed E-state index contributed by atoms with van der Waals surface area (Å²) in [4.78, 5) is 18.9. The number of aromatic nitrogens is 2. The summed E-state index contributed by atoms with van der Waals surface area (Å²) in [6, 6.07) is 0.0794. The van der Waals surface area contributed by atoms with Crippen molar-refractivity contribution >= 4 is 12.1 Å². The Kier molecular flexibility index (Phi) is 7.50. The molecule has 1 fully saturated rings. The molecule has 0 bridgehead atoms. The van der Waals surface area contributed by atoms with Gasteiger partial charge in [0.2, 0.25) is 0 Å². The number of aryl methyl sites for hydroxylation is 2. The van der Waals surface area contributed by atoms with Gasteiger partial charge in [-0.3, -0.25) is 9.67 Å². The number of hydrogen-bond donors (Lipinski definition) is 2. The number of rotatable bonds is 6. The van der Waals surface area contributed by atoms with Crippen molar-refractivity contribution in [3.05, 3.63) is 18.0 Å². The first-order chi connectivity index (χ1) is 12.8. The molecule has 2 heterocycles. The molecule has 1 aliphatic rings. The average molecular weight is 379 g/mol. The van der Waals surface area contributed by atoms with Crippen molar-refractivity contribution in [3.63, 3.8) is 0 Å². The number of ether oxygens (including phenoxy) is 1. The van der Waals surface area contributed by atoms with Crippen LogP contribution in [-0.4, -0.2) is 64.6 Å². The van der Waals surface area contributed by atoms with Gasteiger partial charge in [0.1, 0.15) is 5.60 Å². The van der Waals surface area contributed by atoms with Gasteiger partial charge in [0.15, 0.2) is 5.96 Å². The van der Waals surface area contributed by atoms with Crippen molar-refractivity contribution in [2.24, 2.45) is 4.99 Å². The van der Waals surface area contributed by atoms with Gasteiger partial charge >= 0.3 is 6.09 Å². The monoisotopic (exact) mass is 378 g/mol. The number of nitrogens with zero attached hydrogens (tertiary/aromatic N) is 4. The van der Waals surface area contributed by atoms with Crippen LogP contribution in [0.1, 0.15) is 46.1 Å². The number of guanidine groups is 1. The maximum atomic E-state index is 12.0. The summed E-state index contributed by atoms with van der Waals surface area (Å²) in [7, 11) is 0. The second-order valence-electron chi connectivity index (χ2n) is 7.95. The van der Waals surface area contributed by atoms with Gasteiger partial charge in [-0.15, -0.1) is 0 Å². The molecule has 0 aliphatic carbocycles. The molecule has 1 saturated heterocycles. The lowest BCUT2D eigenvalue weighted by Crippen LogP contribution is -2.44. The molecule has 2 N–H and O–H groups in total. The molecule has 1 aromatic heterocycles. The highest BCUT2D eigenvalue weighted by Crippen LogP contribution is 2.12. The number of alkyl carbamates (subject to hydrolysis) is 1. The topological polar surface area (TPSA) is 83.8 Å². The first kappa shape index (κ1) is 21.1. The molecule has 27 heavy (non-hydrogen) atoms. The highest BCUT2D eigenvalue weighted by molar-refractivity contribution is 5.80. The summed E-state index contributed by atoms with van der Waals surface area (Å²) in [5.41, 5.74) is 0.693. The molecule has 0 aromatic carbocycles. The van der Waals surface area contributed by atoms with Crippen LogP contribution >= 0.6 is 0 Å². The minimum Gasteiger partial charge on any atom is -0.444 e. The van der Waals surface area contributed by atoms with E-state index >= 15 is 0 Å². The average Bonchev–Trinajstić information content (AvgIpc) is 3.17. The SMILES string of the molecule is CCNC(=NCCCn1cc(C)cn1)N1CCC(NC(=O)OC(C)(C)C)C1. The standard InChI is InChI=1S/C19H34N6O2/c1-6-20-17(21-9-7-10-25-13-15(2)12-22-25)24-11-8-16(14-24)23-18(26)27-19(3,4)5/h12-13,16H,6-11,14H2,1-5H3,(H,20,21)(H,23,26). The zero-order valence-electron chi connectivity index (χ0n) is 17.3. The Morgan fingerprint density at radius 3 is 2.85 bits per heavy atom. The van der Waals surface area contributed by atoms with Crippen LogP contribution in [0, 0.1) is 6.92 Å². The van der Waals surface area contributed by atoms with E-state index < -0.39 is 5.60 Å². The van der Waals surface area contributed by atoms with E-state index in [4.69, 9.17) is 9.73 Å². The number of likely N-dealkylation sites (tertiary alicyclic amines) is 1. The Balaban J connectivity index is 1.80. The molecule has 8 nitrogen and oxygen atoms in total. The van der Waals surface area contributed by atoms with Crippen LogP contribution < -0.4 is 10.6 Å². The van der Waals surface area contributed by atoms with Crippen molar-refractivity contribution in [3.8, 4) is 0 Å². The van der Waals surface area contributed by atoms with Gasteiger partial charge in [0, 0.05) is 38.9 Å². The second-order valence-corrected chi connectivity index (χ2v) is 7.95. The number of aliphatic imine (C=N–C) groups is 1. The van der Waals surface area contributed by atoms with Gasteiger partial charge < -0.3 is 20.3 Å². The minimum atomic E-state index is -0.480. The summed E-state index contributed by atoms with van der Waals surface area (Å²) in [6.07, 6.45) is 5.38. The molecule has 152 valence electrons. The maximum Gasteiger partial charge on any atom is 0.407 e. The Labute approximate surface area is 162 Å². The van der Waals surface area contributed by atoms with Crippen LogP contribution in [0.4, 0.5) is 4.79 Å². The lowest BCUT2D eigenvalue weighted by Gasteiger charge is -2.23. The first-order valence-corrected chi connectivity index (χ1v) is 9.78. The Hall–Kier alpha value is -2.25. The van der Waals surface area contributed by atoms with E-state index in [0.717, 1.165) is 51.5 Å². The van der Waals surface area contributed by atoms with Gasteiger partial charge in [-0.1, -0.05) is 0 Å². The van der Waals surface area contributed by atoms with Crippen molar-refractivity contribution in [1.82, 2.24) is 25.3 Å². The van der Waals surface area contributed by atoms with Gasteiger partial charge in [-0.2, -0.15) is 5.10 Å². The summed E-state index contributed by atoms with van der Waals surface area (Å²) in [5, 5.41) is 10.6. The summed E-state index contributed by atoms with van der Waals surface area (Å²) < 4.78 is 7.30. The van der Waals surface area contributed by atoms with Crippen LogP contribution in [0.3, 0.4) is 0 Å². The van der Waals surface area contributed by atoms with Crippen molar-refractivity contribution in [1.29, 1.82) is 0 Å². The molecule has 0 saturated carbocycles. The molecule has 1 aromatic rings. The van der Waals surface area contributed by atoms with E-state index in [1.165, 1.54) is 5.56 Å². The minimum absolute atomic E-state index is 0.0794. The van der Waals surface area contributed by atoms with Crippen molar-refractivity contribution in [2.45, 2.75) is 65.6 Å². The molecular weight excluding hydrogens is 344 g/mol. The predicted molar refractivity (Wildman–Crippen MR) is 107 cm³/mol. The van der Waals surface area contributed by atoms with E-state index in [1.807, 2.05) is 44.8 Å². The fourth-order valence-electron chi connectivity index (χ4n) is 2.98. The molecule has 0 radical (unpaired) electrons. The normalized spacial score (nSPS) is 17.9. The third-order valence-corrected chi connectivity index (χ3v) is 4.11. The van der Waals surface area contributed by atoms with Crippen LogP contribution in [0.5, 0.6) is 0 Å². The van der Waals surface area contributed by atoms with Crippen LogP contribution in [0.15, 0.2) is 17.4 Å². The lowest BCUT2D eigenvalue weighted by atomic mass is 10.2. The third kappa shape index (κ3) is 7.48. The fraction of sp³-hybridized carbons (Fsp3) is 0.737. The second kappa shape index (κ2) is 9.62. The molecule has 1 unspecified atom stereocenters. The van der Waals surface area contributed by atoms with Gasteiger partial charge in [0.25, 0.3) is 0 Å². The van der Waals surface area contributed by atoms with Crippen molar-refractivity contribution in [2.75, 3.05) is 26.2 Å². The lowest BCUT2D eigenvalue weighted by molar-refractivity contribution is 0.0507. The van der Waals surface area contributed by atoms with E-state index in [1.54, 1.807) is 0 Å². The zero-order valence-corrected chi connectivity index (χ0v) is 17.3. The Morgan fingerprint density at radius 1 is 1.44 bits per heavy atom. The number of amides is 1. The molecule has 1 atom stereocenters. The first-order valence-electron chi connectivity index (χ1n) is 9.78. The van der Waals surface area contributed by atoms with Crippen molar-refractivity contribution < 1.29 is 9.53 Å². The predicted octanol–water partition coefficient (Wildman–Crippen LogP) is 2.15. The fourth-order valence-corrected chi connectivity index (χ4v) is 2.98. The number of carbonyl (C=O) groups is 1. The molecular formula is C19H34N6O2. The molecule has 8 heteroatoms. The van der Waals surface area contributed by atoms with Gasteiger partial charge in [0.05, 0.1) is 12.2 Å². The maximum absolute atomic E-state index is 12.0. The van der Waals surface area contributed by atoms with E-state index in [9.17, 15) is 4.79 Å². The third-order valence-electron chi connectivity index (χ3n) is 4.11. The highest BCUT2D eigenvalue weighted by Gasteiger charge is 2.27. The summed E-state index contributed by atoms with van der Waals surface area (Å²) >= 11 is 0. The molecule has 0 spiro atoms. The number of hydrogen-bond acceptors (Lipinski definition) is 4. The van der Waals surface area contributed by atoms with E-state index in [-0.39, 0.29) is 12.1 Å². The van der Waals surface area contributed by atoms with Crippen LogP contribution in [0.25, 0.3) is 0 Å². The van der Waals surface area contributed by atoms with Crippen LogP contribution in [-0.2, 0) is 11.3 Å². The summed E-state index contributed by atoms with van der Waals surface area (Å²) in [6.45, 7) is 13.7. The zero-order chi connectivity index (χ0) is 19.9. The molecule has 1 aliphatic heterocycles. The van der Waals surface area contributed by atoms with E-state index in [0.29, 0.717) is 0 Å². The number of carbonyl (C=O) groups excluding carboxylic acids is 1. The number of nitrogens with one attached hydrogen (secondary N) is 2. The highest BCUT2D eigenvalue weighted by atomic mass is 16.6. The molecule has 1 amide bonds.